The van der Waals surface area contributed by atoms with E-state index >= 15 is 0 Å². The van der Waals surface area contributed by atoms with Gasteiger partial charge >= 0.3 is 0 Å². The first-order valence-electron chi connectivity index (χ1n) is 10.6. The number of carbonyl (C=O) groups excluding carboxylic acids is 2. The van der Waals surface area contributed by atoms with Crippen molar-refractivity contribution in [3.63, 3.8) is 0 Å². The fraction of sp³-hybridized carbons (Fsp3) is 0.762. The molecule has 1 N–H and O–H groups in total. The van der Waals surface area contributed by atoms with Gasteiger partial charge in [-0.05, 0) is 62.7 Å². The molecule has 2 amide bonds. The molecule has 0 aliphatic heterocycles. The van der Waals surface area contributed by atoms with Crippen molar-refractivity contribution in [3.8, 4) is 0 Å². The van der Waals surface area contributed by atoms with Gasteiger partial charge < -0.3 is 10.2 Å². The van der Waals surface area contributed by atoms with Crippen LogP contribution in [0.3, 0.4) is 0 Å². The molecular weight excluding hydrogens is 358 g/mol. The smallest absolute Gasteiger partial charge is 0.245 e. The first-order valence-corrected chi connectivity index (χ1v) is 11.4. The molecule has 0 unspecified atom stereocenters. The minimum absolute atomic E-state index is 0.125. The molecule has 1 aromatic heterocycles. The number of hydrogen-bond acceptors (Lipinski definition) is 4. The van der Waals surface area contributed by atoms with Crippen LogP contribution in [0.2, 0.25) is 0 Å². The third-order valence-electron chi connectivity index (χ3n) is 6.82. The summed E-state index contributed by atoms with van der Waals surface area (Å²) in [7, 11) is 0. The molecule has 0 atom stereocenters. The normalized spacial score (nSPS) is 31.1. The summed E-state index contributed by atoms with van der Waals surface area (Å²) in [6.45, 7) is 3.02. The highest BCUT2D eigenvalue weighted by Crippen LogP contribution is 2.60. The van der Waals surface area contributed by atoms with Gasteiger partial charge in [0.1, 0.15) is 0 Å². The average Bonchev–Trinajstić information content (AvgIpc) is 3.12. The van der Waals surface area contributed by atoms with E-state index in [2.05, 4.69) is 17.2 Å². The van der Waals surface area contributed by atoms with Gasteiger partial charge in [-0.3, -0.25) is 9.59 Å². The summed E-state index contributed by atoms with van der Waals surface area (Å²) >= 11 is 1.41. The molecule has 5 rings (SSSR count). The van der Waals surface area contributed by atoms with Crippen LogP contribution in [0.1, 0.15) is 64.7 Å². The van der Waals surface area contributed by atoms with Gasteiger partial charge in [-0.1, -0.05) is 19.8 Å². The highest BCUT2D eigenvalue weighted by atomic mass is 32.1. The minimum Gasteiger partial charge on any atom is -0.333 e. The van der Waals surface area contributed by atoms with Crippen molar-refractivity contribution < 1.29 is 9.59 Å². The summed E-state index contributed by atoms with van der Waals surface area (Å²) in [5.41, 5.74) is -0.178. The van der Waals surface area contributed by atoms with Crippen LogP contribution >= 0.6 is 11.3 Å². The first kappa shape index (κ1) is 18.9. The molecule has 148 valence electrons. The third-order valence-corrected chi connectivity index (χ3v) is 7.51. The Labute approximate surface area is 165 Å². The van der Waals surface area contributed by atoms with Crippen molar-refractivity contribution in [1.29, 1.82) is 0 Å². The van der Waals surface area contributed by atoms with Crippen LogP contribution in [0, 0.1) is 23.2 Å². The summed E-state index contributed by atoms with van der Waals surface area (Å²) in [5, 5.41) is 5.30. The number of nitrogens with zero attached hydrogens (tertiary/aromatic N) is 2. The van der Waals surface area contributed by atoms with Crippen LogP contribution in [0.25, 0.3) is 0 Å². The zero-order chi connectivity index (χ0) is 18.9. The van der Waals surface area contributed by atoms with Crippen molar-refractivity contribution >= 4 is 28.3 Å². The molecule has 4 bridgehead atoms. The lowest BCUT2D eigenvalue weighted by Gasteiger charge is -2.56. The van der Waals surface area contributed by atoms with Gasteiger partial charge in [0, 0.05) is 18.1 Å². The number of aromatic nitrogens is 1. The lowest BCUT2D eigenvalue weighted by Crippen LogP contribution is -2.55. The fourth-order valence-electron chi connectivity index (χ4n) is 6.13. The summed E-state index contributed by atoms with van der Waals surface area (Å²) in [4.78, 5) is 32.2. The maximum Gasteiger partial charge on any atom is 0.245 e. The summed E-state index contributed by atoms with van der Waals surface area (Å²) in [5.74, 6) is 2.34. The van der Waals surface area contributed by atoms with Gasteiger partial charge in [-0.25, -0.2) is 4.98 Å². The van der Waals surface area contributed by atoms with Crippen LogP contribution in [0.5, 0.6) is 0 Å². The van der Waals surface area contributed by atoms with E-state index in [-0.39, 0.29) is 23.8 Å². The van der Waals surface area contributed by atoms with E-state index in [0.717, 1.165) is 56.3 Å². The standard InChI is InChI=1S/C21H31N3O2S/c1-2-3-4-6-24(14-18(25)23-20-22-5-7-27-20)19(26)21-11-15-8-16(12-21)10-17(9-15)13-21/h5,7,15-17H,2-4,6,8-14H2,1H3,(H,22,23,25). The van der Waals surface area contributed by atoms with Crippen molar-refractivity contribution in [2.75, 3.05) is 18.4 Å². The van der Waals surface area contributed by atoms with Crippen LogP contribution in [-0.2, 0) is 9.59 Å². The van der Waals surface area contributed by atoms with E-state index in [4.69, 9.17) is 0 Å². The van der Waals surface area contributed by atoms with Crippen LogP contribution in [-0.4, -0.2) is 34.8 Å². The second-order valence-corrected chi connectivity index (χ2v) is 9.91. The SMILES string of the molecule is CCCCCN(CC(=O)Nc1nccs1)C(=O)C12CC3CC(CC(C3)C1)C2. The van der Waals surface area contributed by atoms with Gasteiger partial charge in [0.2, 0.25) is 11.8 Å². The Kier molecular flexibility index (Phi) is 5.53. The van der Waals surface area contributed by atoms with E-state index < -0.39 is 0 Å². The number of thiazole rings is 1. The highest BCUT2D eigenvalue weighted by Gasteiger charge is 2.55. The molecule has 0 aromatic carbocycles. The van der Waals surface area contributed by atoms with Gasteiger partial charge in [0.15, 0.2) is 5.13 Å². The lowest BCUT2D eigenvalue weighted by molar-refractivity contribution is -0.158. The fourth-order valence-corrected chi connectivity index (χ4v) is 6.68. The topological polar surface area (TPSA) is 62.3 Å². The zero-order valence-electron chi connectivity index (χ0n) is 16.3. The van der Waals surface area contributed by atoms with E-state index in [1.54, 1.807) is 6.20 Å². The van der Waals surface area contributed by atoms with Crippen LogP contribution in [0.15, 0.2) is 11.6 Å². The number of carbonyl (C=O) groups is 2. The molecule has 0 saturated heterocycles. The Morgan fingerprint density at radius 1 is 1.19 bits per heavy atom. The highest BCUT2D eigenvalue weighted by molar-refractivity contribution is 7.13. The third kappa shape index (κ3) is 4.05. The molecule has 4 saturated carbocycles. The number of nitrogens with one attached hydrogen (secondary N) is 1. The zero-order valence-corrected chi connectivity index (χ0v) is 17.1. The molecule has 4 aliphatic rings. The molecule has 1 aromatic rings. The molecule has 4 fully saturated rings. The predicted octanol–water partition coefficient (Wildman–Crippen LogP) is 4.32. The number of rotatable bonds is 8. The Morgan fingerprint density at radius 2 is 1.85 bits per heavy atom. The first-order chi connectivity index (χ1) is 13.1. The van der Waals surface area contributed by atoms with Crippen molar-refractivity contribution in [2.45, 2.75) is 64.7 Å². The second kappa shape index (κ2) is 7.90. The van der Waals surface area contributed by atoms with Gasteiger partial charge in [0.05, 0.1) is 12.0 Å². The maximum absolute atomic E-state index is 13.7. The number of anilines is 1. The number of unbranched alkanes of at least 4 members (excludes halogenated alkanes) is 2. The van der Waals surface area contributed by atoms with Crippen molar-refractivity contribution in [3.05, 3.63) is 11.6 Å². The second-order valence-electron chi connectivity index (χ2n) is 9.02. The monoisotopic (exact) mass is 389 g/mol. The molecule has 4 aliphatic carbocycles. The molecule has 0 radical (unpaired) electrons. The molecule has 1 heterocycles. The van der Waals surface area contributed by atoms with E-state index in [1.807, 2.05) is 10.3 Å². The van der Waals surface area contributed by atoms with Crippen molar-refractivity contribution in [1.82, 2.24) is 9.88 Å². The maximum atomic E-state index is 13.7. The summed E-state index contributed by atoms with van der Waals surface area (Å²) in [6.07, 6.45) is 12.0. The van der Waals surface area contributed by atoms with Crippen molar-refractivity contribution in [2.24, 2.45) is 23.2 Å². The average molecular weight is 390 g/mol. The minimum atomic E-state index is -0.178. The van der Waals surface area contributed by atoms with E-state index in [1.165, 1.54) is 30.6 Å². The number of hydrogen-bond donors (Lipinski definition) is 1. The van der Waals surface area contributed by atoms with Gasteiger partial charge in [-0.15, -0.1) is 11.3 Å². The van der Waals surface area contributed by atoms with Crippen LogP contribution in [0.4, 0.5) is 5.13 Å². The Balaban J connectivity index is 1.46. The van der Waals surface area contributed by atoms with Crippen LogP contribution < -0.4 is 5.32 Å². The Morgan fingerprint density at radius 3 is 2.41 bits per heavy atom. The quantitative estimate of drug-likeness (QED) is 0.674. The summed E-state index contributed by atoms with van der Waals surface area (Å²) in [6, 6.07) is 0. The lowest BCUT2D eigenvalue weighted by atomic mass is 9.49. The van der Waals surface area contributed by atoms with Gasteiger partial charge in [-0.2, -0.15) is 0 Å². The largest absolute Gasteiger partial charge is 0.333 e. The molecule has 0 spiro atoms. The Bertz CT molecular complexity index is 638. The molecular formula is C21H31N3O2S. The van der Waals surface area contributed by atoms with E-state index in [0.29, 0.717) is 11.7 Å². The van der Waals surface area contributed by atoms with Gasteiger partial charge in [0.25, 0.3) is 0 Å². The summed E-state index contributed by atoms with van der Waals surface area (Å²) < 4.78 is 0. The molecule has 6 heteroatoms. The Hall–Kier alpha value is -1.43. The predicted molar refractivity (Wildman–Crippen MR) is 107 cm³/mol. The van der Waals surface area contributed by atoms with E-state index in [9.17, 15) is 9.59 Å². The number of amides is 2. The molecule has 5 nitrogen and oxygen atoms in total. The molecule has 27 heavy (non-hydrogen) atoms.